The van der Waals surface area contributed by atoms with Gasteiger partial charge in [0.1, 0.15) is 0 Å². The quantitative estimate of drug-likeness (QED) is 0.847. The molecule has 1 fully saturated rings. The van der Waals surface area contributed by atoms with Crippen LogP contribution in [0.1, 0.15) is 61.3 Å². The van der Waals surface area contributed by atoms with Crippen LogP contribution in [0.15, 0.2) is 12.1 Å². The van der Waals surface area contributed by atoms with Crippen LogP contribution in [0.3, 0.4) is 0 Å². The molecular weight excluding hydrogens is 218 g/mol. The normalized spacial score (nSPS) is 25.9. The SMILES string of the molecule is CCC1(CC)C(N)CC1c1c(C)cc(C)cc1C. The molecule has 1 aromatic rings. The number of hydrogen-bond donors (Lipinski definition) is 1. The molecule has 2 unspecified atom stereocenters. The number of aryl methyl sites for hydroxylation is 3. The summed E-state index contributed by atoms with van der Waals surface area (Å²) >= 11 is 0. The van der Waals surface area contributed by atoms with E-state index in [-0.39, 0.29) is 0 Å². The van der Waals surface area contributed by atoms with Gasteiger partial charge < -0.3 is 5.73 Å². The van der Waals surface area contributed by atoms with Crippen molar-refractivity contribution in [2.45, 2.75) is 65.8 Å². The summed E-state index contributed by atoms with van der Waals surface area (Å²) in [7, 11) is 0. The van der Waals surface area contributed by atoms with Crippen molar-refractivity contribution in [2.75, 3.05) is 0 Å². The second-order valence-electron chi connectivity index (χ2n) is 6.15. The highest BCUT2D eigenvalue weighted by Gasteiger charge is 2.51. The van der Waals surface area contributed by atoms with Crippen molar-refractivity contribution in [1.29, 1.82) is 0 Å². The van der Waals surface area contributed by atoms with E-state index in [0.29, 0.717) is 17.4 Å². The molecule has 18 heavy (non-hydrogen) atoms. The van der Waals surface area contributed by atoms with Crippen LogP contribution in [-0.2, 0) is 0 Å². The lowest BCUT2D eigenvalue weighted by molar-refractivity contribution is 0.0431. The Hall–Kier alpha value is -0.820. The minimum Gasteiger partial charge on any atom is -0.327 e. The summed E-state index contributed by atoms with van der Waals surface area (Å²) in [5.41, 5.74) is 12.5. The van der Waals surface area contributed by atoms with Crippen LogP contribution in [0.2, 0.25) is 0 Å². The lowest BCUT2D eigenvalue weighted by Gasteiger charge is -2.55. The molecule has 1 saturated carbocycles. The average molecular weight is 245 g/mol. The monoisotopic (exact) mass is 245 g/mol. The van der Waals surface area contributed by atoms with E-state index >= 15 is 0 Å². The van der Waals surface area contributed by atoms with Gasteiger partial charge in [-0.2, -0.15) is 0 Å². The molecule has 0 aliphatic heterocycles. The van der Waals surface area contributed by atoms with Gasteiger partial charge in [0.05, 0.1) is 0 Å². The molecule has 0 heterocycles. The van der Waals surface area contributed by atoms with Gasteiger partial charge in [0.2, 0.25) is 0 Å². The fourth-order valence-corrected chi connectivity index (χ4v) is 4.23. The predicted molar refractivity (Wildman–Crippen MR) is 79.0 cm³/mol. The molecule has 2 atom stereocenters. The topological polar surface area (TPSA) is 26.0 Å². The van der Waals surface area contributed by atoms with Gasteiger partial charge in [0.15, 0.2) is 0 Å². The molecule has 0 bridgehead atoms. The van der Waals surface area contributed by atoms with Gasteiger partial charge in [0, 0.05) is 6.04 Å². The van der Waals surface area contributed by atoms with E-state index in [0.717, 1.165) is 6.42 Å². The Bertz CT molecular complexity index is 420. The first-order chi connectivity index (χ1) is 8.46. The molecule has 0 spiro atoms. The largest absolute Gasteiger partial charge is 0.327 e. The highest BCUT2D eigenvalue weighted by molar-refractivity contribution is 5.43. The molecule has 1 heteroatoms. The Morgan fingerprint density at radius 1 is 1.11 bits per heavy atom. The summed E-state index contributed by atoms with van der Waals surface area (Å²) in [5, 5.41) is 0. The Labute approximate surface area is 112 Å². The first-order valence-electron chi connectivity index (χ1n) is 7.29. The first-order valence-corrected chi connectivity index (χ1v) is 7.29. The highest BCUT2D eigenvalue weighted by atomic mass is 14.8. The number of nitrogens with two attached hydrogens (primary N) is 1. The minimum absolute atomic E-state index is 0.338. The molecule has 0 saturated heterocycles. The predicted octanol–water partition coefficient (Wildman–Crippen LogP) is 4.23. The second kappa shape index (κ2) is 4.70. The zero-order chi connectivity index (χ0) is 13.5. The average Bonchev–Trinajstić information content (AvgIpc) is 2.28. The van der Waals surface area contributed by atoms with Crippen molar-refractivity contribution in [3.05, 3.63) is 34.4 Å². The molecule has 1 aliphatic carbocycles. The van der Waals surface area contributed by atoms with Gasteiger partial charge in [-0.15, -0.1) is 0 Å². The van der Waals surface area contributed by atoms with Gasteiger partial charge >= 0.3 is 0 Å². The van der Waals surface area contributed by atoms with E-state index in [2.05, 4.69) is 46.8 Å². The zero-order valence-electron chi connectivity index (χ0n) is 12.5. The second-order valence-corrected chi connectivity index (χ2v) is 6.15. The number of hydrogen-bond acceptors (Lipinski definition) is 1. The van der Waals surface area contributed by atoms with Crippen LogP contribution >= 0.6 is 0 Å². The van der Waals surface area contributed by atoms with E-state index in [1.54, 1.807) is 5.56 Å². The third-order valence-electron chi connectivity index (χ3n) is 5.33. The lowest BCUT2D eigenvalue weighted by Crippen LogP contribution is -2.56. The summed E-state index contributed by atoms with van der Waals surface area (Å²) in [6, 6.07) is 5.03. The Kier molecular flexibility index (Phi) is 3.55. The fourth-order valence-electron chi connectivity index (χ4n) is 4.23. The summed E-state index contributed by atoms with van der Waals surface area (Å²) in [6.45, 7) is 11.3. The van der Waals surface area contributed by atoms with Crippen LogP contribution in [0, 0.1) is 26.2 Å². The summed E-state index contributed by atoms with van der Waals surface area (Å²) in [4.78, 5) is 0. The zero-order valence-corrected chi connectivity index (χ0v) is 12.5. The molecule has 2 rings (SSSR count). The summed E-state index contributed by atoms with van der Waals surface area (Å²) in [6.07, 6.45) is 3.55. The van der Waals surface area contributed by atoms with E-state index in [4.69, 9.17) is 5.73 Å². The molecule has 0 amide bonds. The first kappa shape index (κ1) is 13.6. The van der Waals surface area contributed by atoms with Gasteiger partial charge in [-0.05, 0) is 68.1 Å². The Balaban J connectivity index is 2.45. The van der Waals surface area contributed by atoms with Crippen molar-refractivity contribution in [3.8, 4) is 0 Å². The third-order valence-corrected chi connectivity index (χ3v) is 5.33. The number of benzene rings is 1. The Morgan fingerprint density at radius 3 is 2.00 bits per heavy atom. The smallest absolute Gasteiger partial charge is 0.0107 e. The maximum atomic E-state index is 6.34. The van der Waals surface area contributed by atoms with Gasteiger partial charge in [-0.25, -0.2) is 0 Å². The minimum atomic E-state index is 0.338. The molecule has 0 radical (unpaired) electrons. The van der Waals surface area contributed by atoms with E-state index < -0.39 is 0 Å². The van der Waals surface area contributed by atoms with Crippen molar-refractivity contribution in [1.82, 2.24) is 0 Å². The van der Waals surface area contributed by atoms with Crippen molar-refractivity contribution >= 4 is 0 Å². The van der Waals surface area contributed by atoms with Crippen LogP contribution in [0.25, 0.3) is 0 Å². The lowest BCUT2D eigenvalue weighted by atomic mass is 9.51. The third kappa shape index (κ3) is 1.80. The van der Waals surface area contributed by atoms with Crippen molar-refractivity contribution in [3.63, 3.8) is 0 Å². The maximum Gasteiger partial charge on any atom is 0.0107 e. The molecular formula is C17H27N. The fraction of sp³-hybridized carbons (Fsp3) is 0.647. The van der Waals surface area contributed by atoms with Gasteiger partial charge in [0.25, 0.3) is 0 Å². The van der Waals surface area contributed by atoms with Crippen LogP contribution in [-0.4, -0.2) is 6.04 Å². The van der Waals surface area contributed by atoms with E-state index in [1.165, 1.54) is 29.5 Å². The van der Waals surface area contributed by atoms with Crippen molar-refractivity contribution < 1.29 is 0 Å². The standard InChI is InChI=1S/C17H27N/c1-6-17(7-2)14(10-15(17)18)16-12(4)8-11(3)9-13(16)5/h8-9,14-15H,6-7,10,18H2,1-5H3. The molecule has 1 aliphatic rings. The number of rotatable bonds is 3. The van der Waals surface area contributed by atoms with Crippen LogP contribution in [0.4, 0.5) is 0 Å². The highest BCUT2D eigenvalue weighted by Crippen LogP contribution is 2.57. The van der Waals surface area contributed by atoms with Gasteiger partial charge in [-0.1, -0.05) is 31.5 Å². The molecule has 2 N–H and O–H groups in total. The molecule has 1 aromatic carbocycles. The van der Waals surface area contributed by atoms with Crippen LogP contribution < -0.4 is 5.73 Å². The van der Waals surface area contributed by atoms with Crippen LogP contribution in [0.5, 0.6) is 0 Å². The summed E-state index contributed by atoms with van der Waals surface area (Å²) in [5.74, 6) is 0.670. The van der Waals surface area contributed by atoms with Crippen molar-refractivity contribution in [2.24, 2.45) is 11.1 Å². The van der Waals surface area contributed by atoms with Gasteiger partial charge in [-0.3, -0.25) is 0 Å². The van der Waals surface area contributed by atoms with E-state index in [9.17, 15) is 0 Å². The Morgan fingerprint density at radius 2 is 1.61 bits per heavy atom. The maximum absolute atomic E-state index is 6.34. The van der Waals surface area contributed by atoms with E-state index in [1.807, 2.05) is 0 Å². The molecule has 1 nitrogen and oxygen atoms in total. The summed E-state index contributed by atoms with van der Waals surface area (Å²) < 4.78 is 0. The molecule has 0 aromatic heterocycles. The molecule has 100 valence electrons.